The quantitative estimate of drug-likeness (QED) is 0.773. The molecule has 2 aromatic rings. The van der Waals surface area contributed by atoms with E-state index in [0.717, 1.165) is 28.6 Å². The van der Waals surface area contributed by atoms with Crippen LogP contribution in [0.15, 0.2) is 30.9 Å². The third kappa shape index (κ3) is 1.60. The first-order valence-electron chi connectivity index (χ1n) is 5.09. The van der Waals surface area contributed by atoms with Crippen LogP contribution in [0, 0.1) is 6.92 Å². The predicted octanol–water partition coefficient (Wildman–Crippen LogP) is 2.90. The van der Waals surface area contributed by atoms with Gasteiger partial charge in [0.05, 0.1) is 5.56 Å². The van der Waals surface area contributed by atoms with E-state index >= 15 is 0 Å². The second-order valence-electron chi connectivity index (χ2n) is 3.79. The smallest absolute Gasteiger partial charge is 0.335 e. The minimum Gasteiger partial charge on any atom is -0.478 e. The summed E-state index contributed by atoms with van der Waals surface area (Å²) < 4.78 is 0. The van der Waals surface area contributed by atoms with Gasteiger partial charge in [-0.2, -0.15) is 0 Å². The molecular formula is C13H13NO2. The molecule has 0 unspecified atom stereocenters. The standard InChI is InChI=1S/C13H13NO2/c1-3-4-10-8(2)14-12-6-5-9(13(15)16)7-11(10)12/h3,5-7,14H,1,4H2,2H3,(H,15,16). The van der Waals surface area contributed by atoms with Crippen molar-refractivity contribution in [2.75, 3.05) is 0 Å². The van der Waals surface area contributed by atoms with Gasteiger partial charge in [-0.3, -0.25) is 0 Å². The molecule has 0 saturated carbocycles. The third-order valence-electron chi connectivity index (χ3n) is 2.71. The lowest BCUT2D eigenvalue weighted by atomic mass is 10.1. The van der Waals surface area contributed by atoms with E-state index < -0.39 is 5.97 Å². The molecule has 2 rings (SSSR count). The summed E-state index contributed by atoms with van der Waals surface area (Å²) in [6.45, 7) is 5.70. The van der Waals surface area contributed by atoms with Crippen molar-refractivity contribution in [1.29, 1.82) is 0 Å². The maximum absolute atomic E-state index is 10.9. The number of H-pyrrole nitrogens is 1. The summed E-state index contributed by atoms with van der Waals surface area (Å²) in [5.74, 6) is -0.898. The van der Waals surface area contributed by atoms with Crippen molar-refractivity contribution >= 4 is 16.9 Å². The lowest BCUT2D eigenvalue weighted by Crippen LogP contribution is -1.95. The SMILES string of the molecule is C=CCc1c(C)[nH]c2ccc(C(=O)O)cc12. The lowest BCUT2D eigenvalue weighted by molar-refractivity contribution is 0.0697. The maximum Gasteiger partial charge on any atom is 0.335 e. The van der Waals surface area contributed by atoms with Crippen LogP contribution in [0.2, 0.25) is 0 Å². The number of hydrogen-bond donors (Lipinski definition) is 2. The fourth-order valence-corrected chi connectivity index (χ4v) is 1.92. The number of benzene rings is 1. The van der Waals surface area contributed by atoms with Gasteiger partial charge in [-0.05, 0) is 37.1 Å². The number of rotatable bonds is 3. The van der Waals surface area contributed by atoms with Crippen molar-refractivity contribution in [3.63, 3.8) is 0 Å². The first-order chi connectivity index (χ1) is 7.63. The fraction of sp³-hybridized carbons (Fsp3) is 0.154. The van der Waals surface area contributed by atoms with Crippen molar-refractivity contribution in [2.24, 2.45) is 0 Å². The molecule has 0 aliphatic carbocycles. The van der Waals surface area contributed by atoms with E-state index in [1.807, 2.05) is 13.0 Å². The summed E-state index contributed by atoms with van der Waals surface area (Å²) in [5.41, 5.74) is 3.47. The van der Waals surface area contributed by atoms with Crippen molar-refractivity contribution in [3.05, 3.63) is 47.7 Å². The van der Waals surface area contributed by atoms with Gasteiger partial charge in [0.15, 0.2) is 0 Å². The van der Waals surface area contributed by atoms with E-state index in [4.69, 9.17) is 5.11 Å². The molecule has 0 radical (unpaired) electrons. The molecule has 1 heterocycles. The summed E-state index contributed by atoms with van der Waals surface area (Å²) in [6, 6.07) is 5.12. The Morgan fingerprint density at radius 2 is 2.31 bits per heavy atom. The van der Waals surface area contributed by atoms with Gasteiger partial charge in [-0.1, -0.05) is 6.08 Å². The van der Waals surface area contributed by atoms with Gasteiger partial charge in [-0.15, -0.1) is 6.58 Å². The number of fused-ring (bicyclic) bond motifs is 1. The minimum absolute atomic E-state index is 0.316. The number of aryl methyl sites for hydroxylation is 1. The van der Waals surface area contributed by atoms with Crippen LogP contribution in [-0.2, 0) is 6.42 Å². The molecule has 0 saturated heterocycles. The molecule has 2 N–H and O–H groups in total. The van der Waals surface area contributed by atoms with E-state index in [9.17, 15) is 4.79 Å². The largest absolute Gasteiger partial charge is 0.478 e. The van der Waals surface area contributed by atoms with Gasteiger partial charge in [0, 0.05) is 16.6 Å². The van der Waals surface area contributed by atoms with E-state index in [-0.39, 0.29) is 0 Å². The summed E-state index contributed by atoms with van der Waals surface area (Å²) in [7, 11) is 0. The Kier molecular flexibility index (Phi) is 2.52. The molecular weight excluding hydrogens is 202 g/mol. The molecule has 0 fully saturated rings. The number of aromatic carboxylic acids is 1. The highest BCUT2D eigenvalue weighted by atomic mass is 16.4. The van der Waals surface area contributed by atoms with E-state index in [2.05, 4.69) is 11.6 Å². The number of aromatic amines is 1. The van der Waals surface area contributed by atoms with Gasteiger partial charge in [-0.25, -0.2) is 4.79 Å². The second kappa shape index (κ2) is 3.85. The fourth-order valence-electron chi connectivity index (χ4n) is 1.92. The lowest BCUT2D eigenvalue weighted by Gasteiger charge is -1.98. The molecule has 1 aromatic heterocycles. The molecule has 0 bridgehead atoms. The van der Waals surface area contributed by atoms with Crippen LogP contribution in [0.1, 0.15) is 21.6 Å². The van der Waals surface area contributed by atoms with Gasteiger partial charge >= 0.3 is 5.97 Å². The molecule has 1 aromatic carbocycles. The van der Waals surface area contributed by atoms with Gasteiger partial charge in [0.2, 0.25) is 0 Å². The zero-order valence-electron chi connectivity index (χ0n) is 9.08. The average Bonchev–Trinajstić information content (AvgIpc) is 2.55. The zero-order chi connectivity index (χ0) is 11.7. The van der Waals surface area contributed by atoms with E-state index in [0.29, 0.717) is 5.56 Å². The highest BCUT2D eigenvalue weighted by molar-refractivity contribution is 5.95. The third-order valence-corrected chi connectivity index (χ3v) is 2.71. The molecule has 0 amide bonds. The van der Waals surface area contributed by atoms with Crippen LogP contribution in [-0.4, -0.2) is 16.1 Å². The molecule has 0 aliphatic rings. The molecule has 3 nitrogen and oxygen atoms in total. The normalized spacial score (nSPS) is 10.6. The summed E-state index contributed by atoms with van der Waals surface area (Å²) in [4.78, 5) is 14.1. The molecule has 0 aliphatic heterocycles. The number of aromatic nitrogens is 1. The van der Waals surface area contributed by atoms with Crippen LogP contribution in [0.3, 0.4) is 0 Å². The second-order valence-corrected chi connectivity index (χ2v) is 3.79. The van der Waals surface area contributed by atoms with Crippen molar-refractivity contribution in [2.45, 2.75) is 13.3 Å². The molecule has 16 heavy (non-hydrogen) atoms. The minimum atomic E-state index is -0.898. The van der Waals surface area contributed by atoms with Crippen LogP contribution in [0.25, 0.3) is 10.9 Å². The van der Waals surface area contributed by atoms with Crippen molar-refractivity contribution < 1.29 is 9.90 Å². The predicted molar refractivity (Wildman–Crippen MR) is 63.9 cm³/mol. The first kappa shape index (κ1) is 10.5. The van der Waals surface area contributed by atoms with Gasteiger partial charge < -0.3 is 10.1 Å². The summed E-state index contributed by atoms with van der Waals surface area (Å²) >= 11 is 0. The zero-order valence-corrected chi connectivity index (χ0v) is 9.08. The maximum atomic E-state index is 10.9. The molecule has 0 atom stereocenters. The van der Waals surface area contributed by atoms with Crippen molar-refractivity contribution in [3.8, 4) is 0 Å². The Morgan fingerprint density at radius 1 is 1.56 bits per heavy atom. The Labute approximate surface area is 93.4 Å². The number of hydrogen-bond acceptors (Lipinski definition) is 1. The van der Waals surface area contributed by atoms with Crippen LogP contribution < -0.4 is 0 Å². The van der Waals surface area contributed by atoms with E-state index in [1.54, 1.807) is 18.2 Å². The van der Waals surface area contributed by atoms with E-state index in [1.165, 1.54) is 0 Å². The number of carbonyl (C=O) groups is 1. The topological polar surface area (TPSA) is 53.1 Å². The molecule has 0 spiro atoms. The highest BCUT2D eigenvalue weighted by Crippen LogP contribution is 2.24. The Hall–Kier alpha value is -2.03. The Morgan fingerprint density at radius 3 is 2.94 bits per heavy atom. The average molecular weight is 215 g/mol. The van der Waals surface area contributed by atoms with Gasteiger partial charge in [0.1, 0.15) is 0 Å². The molecule has 82 valence electrons. The number of nitrogens with one attached hydrogen (secondary N) is 1. The first-order valence-corrected chi connectivity index (χ1v) is 5.09. The summed E-state index contributed by atoms with van der Waals surface area (Å²) in [5, 5.41) is 9.91. The van der Waals surface area contributed by atoms with Crippen LogP contribution in [0.4, 0.5) is 0 Å². The number of allylic oxidation sites excluding steroid dienone is 1. The number of carboxylic acids is 1. The van der Waals surface area contributed by atoms with Gasteiger partial charge in [0.25, 0.3) is 0 Å². The highest BCUT2D eigenvalue weighted by Gasteiger charge is 2.10. The van der Waals surface area contributed by atoms with Crippen LogP contribution >= 0.6 is 0 Å². The van der Waals surface area contributed by atoms with Crippen LogP contribution in [0.5, 0.6) is 0 Å². The molecule has 3 heteroatoms. The Bertz CT molecular complexity index is 567. The number of carboxylic acid groups (broad SMARTS) is 1. The Balaban J connectivity index is 2.68. The van der Waals surface area contributed by atoms with Crippen molar-refractivity contribution in [1.82, 2.24) is 4.98 Å². The monoisotopic (exact) mass is 215 g/mol. The summed E-state index contributed by atoms with van der Waals surface area (Å²) in [6.07, 6.45) is 2.57.